The van der Waals surface area contributed by atoms with E-state index in [2.05, 4.69) is 26.6 Å². The van der Waals surface area contributed by atoms with Gasteiger partial charge < -0.3 is 5.32 Å². The van der Waals surface area contributed by atoms with Gasteiger partial charge in [0.05, 0.1) is 0 Å². The number of benzene rings is 2. The molecule has 0 bridgehead atoms. The lowest BCUT2D eigenvalue weighted by atomic mass is 9.83. The van der Waals surface area contributed by atoms with Crippen LogP contribution in [0.4, 0.5) is 4.79 Å². The van der Waals surface area contributed by atoms with Crippen molar-refractivity contribution in [3.05, 3.63) is 70.2 Å². The van der Waals surface area contributed by atoms with Crippen molar-refractivity contribution in [2.75, 3.05) is 0 Å². The molecule has 3 amide bonds. The van der Waals surface area contributed by atoms with E-state index in [0.717, 1.165) is 10.0 Å². The molecule has 4 nitrogen and oxygen atoms in total. The number of halogens is 1. The van der Waals surface area contributed by atoms with E-state index >= 15 is 0 Å². The summed E-state index contributed by atoms with van der Waals surface area (Å²) in [7, 11) is 0. The molecule has 1 aliphatic heterocycles. The van der Waals surface area contributed by atoms with Crippen molar-refractivity contribution in [2.45, 2.75) is 5.54 Å². The fourth-order valence-electron chi connectivity index (χ4n) is 2.44. The van der Waals surface area contributed by atoms with Gasteiger partial charge in [0.15, 0.2) is 5.54 Å². The lowest BCUT2D eigenvalue weighted by Gasteiger charge is -2.27. The fourth-order valence-corrected chi connectivity index (χ4v) is 2.84. The van der Waals surface area contributed by atoms with Crippen molar-refractivity contribution in [1.29, 1.82) is 0 Å². The highest BCUT2D eigenvalue weighted by Gasteiger charge is 2.49. The van der Waals surface area contributed by atoms with E-state index in [-0.39, 0.29) is 5.91 Å². The molecular weight excluding hydrogens is 320 g/mol. The van der Waals surface area contributed by atoms with Crippen molar-refractivity contribution in [3.63, 3.8) is 0 Å². The van der Waals surface area contributed by atoms with E-state index in [1.54, 1.807) is 0 Å². The lowest BCUT2D eigenvalue weighted by Crippen LogP contribution is -2.44. The molecule has 3 rings (SSSR count). The van der Waals surface area contributed by atoms with Gasteiger partial charge in [0, 0.05) is 4.47 Å². The molecule has 0 radical (unpaired) electrons. The molecule has 0 aliphatic carbocycles. The molecular formula is C15H11BrN2O2. The summed E-state index contributed by atoms with van der Waals surface area (Å²) in [6, 6.07) is 16.1. The van der Waals surface area contributed by atoms with Crippen molar-refractivity contribution >= 4 is 27.9 Å². The molecule has 1 heterocycles. The van der Waals surface area contributed by atoms with Gasteiger partial charge in [0.1, 0.15) is 0 Å². The highest BCUT2D eigenvalue weighted by Crippen LogP contribution is 2.33. The minimum Gasteiger partial charge on any atom is -0.316 e. The Balaban J connectivity index is 2.24. The summed E-state index contributed by atoms with van der Waals surface area (Å²) in [5.74, 6) is -0.369. The summed E-state index contributed by atoms with van der Waals surface area (Å²) in [6.45, 7) is 0. The highest BCUT2D eigenvalue weighted by atomic mass is 79.9. The Labute approximate surface area is 124 Å². The maximum Gasteiger partial charge on any atom is 0.322 e. The van der Waals surface area contributed by atoms with Crippen LogP contribution in [-0.2, 0) is 10.3 Å². The molecule has 5 heteroatoms. The van der Waals surface area contributed by atoms with Crippen LogP contribution in [0.5, 0.6) is 0 Å². The summed E-state index contributed by atoms with van der Waals surface area (Å²) in [5, 5.41) is 5.08. The first-order valence-electron chi connectivity index (χ1n) is 6.08. The van der Waals surface area contributed by atoms with Crippen LogP contribution in [0, 0.1) is 0 Å². The average Bonchev–Trinajstić information content (AvgIpc) is 2.75. The number of urea groups is 1. The van der Waals surface area contributed by atoms with Gasteiger partial charge in [-0.25, -0.2) is 4.79 Å². The van der Waals surface area contributed by atoms with Gasteiger partial charge in [0.2, 0.25) is 0 Å². The Bertz CT molecular complexity index is 687. The second-order valence-electron chi connectivity index (χ2n) is 4.53. The summed E-state index contributed by atoms with van der Waals surface area (Å²) >= 11 is 3.40. The zero-order valence-electron chi connectivity index (χ0n) is 10.4. The van der Waals surface area contributed by atoms with Crippen molar-refractivity contribution in [2.24, 2.45) is 0 Å². The molecule has 20 heavy (non-hydrogen) atoms. The molecule has 2 aromatic carbocycles. The number of nitrogens with one attached hydrogen (secondary N) is 2. The van der Waals surface area contributed by atoms with E-state index in [1.165, 1.54) is 0 Å². The molecule has 100 valence electrons. The van der Waals surface area contributed by atoms with Crippen LogP contribution in [0.1, 0.15) is 11.1 Å². The minimum atomic E-state index is -1.18. The largest absolute Gasteiger partial charge is 0.322 e. The van der Waals surface area contributed by atoms with E-state index in [4.69, 9.17) is 0 Å². The monoisotopic (exact) mass is 330 g/mol. The molecule has 0 spiro atoms. The van der Waals surface area contributed by atoms with Crippen molar-refractivity contribution in [1.82, 2.24) is 10.6 Å². The Kier molecular flexibility index (Phi) is 3.06. The van der Waals surface area contributed by atoms with Gasteiger partial charge in [-0.1, -0.05) is 58.4 Å². The van der Waals surface area contributed by atoms with Gasteiger partial charge >= 0.3 is 6.03 Å². The lowest BCUT2D eigenvalue weighted by molar-refractivity contribution is -0.122. The topological polar surface area (TPSA) is 58.2 Å². The van der Waals surface area contributed by atoms with Crippen molar-refractivity contribution in [3.8, 4) is 0 Å². The first kappa shape index (κ1) is 12.9. The summed E-state index contributed by atoms with van der Waals surface area (Å²) in [6.07, 6.45) is 0. The molecule has 0 aromatic heterocycles. The number of hydrogen-bond donors (Lipinski definition) is 2. The number of hydrogen-bond acceptors (Lipinski definition) is 2. The predicted octanol–water partition coefficient (Wildman–Crippen LogP) is 2.53. The number of carbonyl (C=O) groups excluding carboxylic acids is 2. The number of amides is 3. The van der Waals surface area contributed by atoms with Crippen LogP contribution in [0.15, 0.2) is 59.1 Å². The first-order valence-corrected chi connectivity index (χ1v) is 6.87. The maximum absolute atomic E-state index is 12.4. The third-order valence-electron chi connectivity index (χ3n) is 3.33. The Morgan fingerprint density at radius 1 is 0.900 bits per heavy atom. The Hall–Kier alpha value is -2.14. The van der Waals surface area contributed by atoms with Gasteiger partial charge in [-0.3, -0.25) is 10.1 Å². The van der Waals surface area contributed by atoms with Gasteiger partial charge in [-0.15, -0.1) is 0 Å². The van der Waals surface area contributed by atoms with Crippen molar-refractivity contribution < 1.29 is 9.59 Å². The van der Waals surface area contributed by atoms with Crippen LogP contribution < -0.4 is 10.6 Å². The number of rotatable bonds is 2. The SMILES string of the molecule is O=C1NC(=O)C(c2ccccc2)(c2cccc(Br)c2)N1. The van der Waals surface area contributed by atoms with Crippen LogP contribution in [0.3, 0.4) is 0 Å². The quantitative estimate of drug-likeness (QED) is 0.831. The van der Waals surface area contributed by atoms with Gasteiger partial charge in [-0.05, 0) is 23.3 Å². The van der Waals surface area contributed by atoms with Crippen LogP contribution in [0.25, 0.3) is 0 Å². The van der Waals surface area contributed by atoms with Crippen LogP contribution in [-0.4, -0.2) is 11.9 Å². The second-order valence-corrected chi connectivity index (χ2v) is 5.45. The average molecular weight is 331 g/mol. The second kappa shape index (κ2) is 4.76. The number of imide groups is 1. The highest BCUT2D eigenvalue weighted by molar-refractivity contribution is 9.10. The summed E-state index contributed by atoms with van der Waals surface area (Å²) in [4.78, 5) is 24.1. The molecule has 1 fully saturated rings. The fraction of sp³-hybridized carbons (Fsp3) is 0.0667. The number of carbonyl (C=O) groups is 2. The molecule has 1 atom stereocenters. The molecule has 1 saturated heterocycles. The zero-order valence-corrected chi connectivity index (χ0v) is 12.0. The standard InChI is InChI=1S/C15H11BrN2O2/c16-12-8-4-7-11(9-12)15(10-5-2-1-3-6-10)13(19)17-14(20)18-15/h1-9H,(H2,17,18,19,20). The molecule has 2 N–H and O–H groups in total. The van der Waals surface area contributed by atoms with E-state index in [0.29, 0.717) is 5.56 Å². The first-order chi connectivity index (χ1) is 9.63. The Morgan fingerprint density at radius 2 is 1.60 bits per heavy atom. The Morgan fingerprint density at radius 3 is 2.20 bits per heavy atom. The van der Waals surface area contributed by atoms with Gasteiger partial charge in [-0.2, -0.15) is 0 Å². The molecule has 0 saturated carbocycles. The van der Waals surface area contributed by atoms with Crippen LogP contribution >= 0.6 is 15.9 Å². The summed E-state index contributed by atoms with van der Waals surface area (Å²) in [5.41, 5.74) is 0.255. The normalized spacial score (nSPS) is 21.4. The summed E-state index contributed by atoms with van der Waals surface area (Å²) < 4.78 is 0.847. The van der Waals surface area contributed by atoms with Crippen LogP contribution in [0.2, 0.25) is 0 Å². The molecule has 1 aliphatic rings. The van der Waals surface area contributed by atoms with E-state index in [9.17, 15) is 9.59 Å². The predicted molar refractivity (Wildman–Crippen MR) is 78.0 cm³/mol. The smallest absolute Gasteiger partial charge is 0.316 e. The zero-order chi connectivity index (χ0) is 14.2. The van der Waals surface area contributed by atoms with E-state index in [1.807, 2.05) is 54.6 Å². The molecule has 2 aromatic rings. The van der Waals surface area contributed by atoms with Gasteiger partial charge in [0.25, 0.3) is 5.91 Å². The third-order valence-corrected chi connectivity index (χ3v) is 3.83. The molecule has 1 unspecified atom stereocenters. The minimum absolute atomic E-state index is 0.369. The third kappa shape index (κ3) is 1.91. The van der Waals surface area contributed by atoms with E-state index < -0.39 is 11.6 Å². The maximum atomic E-state index is 12.4.